The molecule has 0 fully saturated rings. The number of benzene rings is 3. The van der Waals surface area contributed by atoms with Crippen LogP contribution in [0.15, 0.2) is 77.7 Å². The van der Waals surface area contributed by atoms with Crippen molar-refractivity contribution < 1.29 is 9.59 Å². The molecule has 0 radical (unpaired) electrons. The van der Waals surface area contributed by atoms with Crippen LogP contribution in [-0.4, -0.2) is 17.1 Å². The van der Waals surface area contributed by atoms with E-state index >= 15 is 0 Å². The molecule has 4 nitrogen and oxygen atoms in total. The fraction of sp³-hybridized carbons (Fsp3) is 0.167. The van der Waals surface area contributed by atoms with Crippen LogP contribution in [-0.2, 0) is 4.79 Å². The summed E-state index contributed by atoms with van der Waals surface area (Å²) < 4.78 is 0. The van der Waals surface area contributed by atoms with Gasteiger partial charge in [-0.2, -0.15) is 0 Å². The number of carbonyl (C=O) groups is 2. The number of rotatable bonds is 6. The maximum Gasteiger partial charge on any atom is 0.255 e. The fourth-order valence-electron chi connectivity index (χ4n) is 2.73. The van der Waals surface area contributed by atoms with Gasteiger partial charge in [0.25, 0.3) is 5.91 Å². The van der Waals surface area contributed by atoms with Crippen molar-refractivity contribution in [2.45, 2.75) is 30.9 Å². The Labute approximate surface area is 175 Å². The number of thioether (sulfide) groups is 1. The molecule has 3 aromatic rings. The van der Waals surface area contributed by atoms with Gasteiger partial charge < -0.3 is 10.6 Å². The van der Waals surface area contributed by atoms with Crippen molar-refractivity contribution in [2.24, 2.45) is 0 Å². The van der Waals surface area contributed by atoms with E-state index in [0.29, 0.717) is 5.56 Å². The molecule has 2 N–H and O–H groups in total. The predicted molar refractivity (Wildman–Crippen MR) is 121 cm³/mol. The first kappa shape index (κ1) is 20.7. The summed E-state index contributed by atoms with van der Waals surface area (Å²) in [6.07, 6.45) is 0. The first-order valence-electron chi connectivity index (χ1n) is 9.43. The molecule has 3 rings (SSSR count). The molecule has 0 aromatic heterocycles. The SMILES string of the molecule is Cc1ccc(C(=O)Nc2ccc(SC(C)C(=O)Nc3ccccc3C)cc2)cc1. The van der Waals surface area contributed by atoms with E-state index < -0.39 is 0 Å². The van der Waals surface area contributed by atoms with Crippen LogP contribution < -0.4 is 10.6 Å². The van der Waals surface area contributed by atoms with Crippen molar-refractivity contribution in [1.82, 2.24) is 0 Å². The minimum absolute atomic E-state index is 0.0407. The molecule has 0 heterocycles. The number of anilines is 2. The molecular formula is C24H24N2O2S. The molecule has 3 aromatic carbocycles. The van der Waals surface area contributed by atoms with Crippen molar-refractivity contribution in [2.75, 3.05) is 10.6 Å². The van der Waals surface area contributed by atoms with Crippen molar-refractivity contribution in [3.63, 3.8) is 0 Å². The van der Waals surface area contributed by atoms with Gasteiger partial charge in [0.1, 0.15) is 0 Å². The smallest absolute Gasteiger partial charge is 0.255 e. The van der Waals surface area contributed by atoms with Crippen LogP contribution >= 0.6 is 11.8 Å². The van der Waals surface area contributed by atoms with Gasteiger partial charge in [-0.3, -0.25) is 9.59 Å². The van der Waals surface area contributed by atoms with Gasteiger partial charge in [0.15, 0.2) is 0 Å². The Balaban J connectivity index is 1.57. The van der Waals surface area contributed by atoms with Gasteiger partial charge in [0.05, 0.1) is 5.25 Å². The Morgan fingerprint density at radius 3 is 2.14 bits per heavy atom. The summed E-state index contributed by atoms with van der Waals surface area (Å²) >= 11 is 1.48. The second-order valence-electron chi connectivity index (χ2n) is 6.91. The number of nitrogens with one attached hydrogen (secondary N) is 2. The van der Waals surface area contributed by atoms with Gasteiger partial charge in [-0.25, -0.2) is 0 Å². The van der Waals surface area contributed by atoms with E-state index in [1.807, 2.05) is 93.6 Å². The molecular weight excluding hydrogens is 380 g/mol. The minimum atomic E-state index is -0.248. The third-order valence-corrected chi connectivity index (χ3v) is 5.62. The lowest BCUT2D eigenvalue weighted by molar-refractivity contribution is -0.115. The highest BCUT2D eigenvalue weighted by Crippen LogP contribution is 2.26. The molecule has 1 atom stereocenters. The van der Waals surface area contributed by atoms with Crippen molar-refractivity contribution in [3.05, 3.63) is 89.5 Å². The number of hydrogen-bond acceptors (Lipinski definition) is 3. The Bertz CT molecular complexity index is 998. The zero-order valence-electron chi connectivity index (χ0n) is 16.7. The lowest BCUT2D eigenvalue weighted by atomic mass is 10.1. The van der Waals surface area contributed by atoms with E-state index in [1.54, 1.807) is 0 Å². The Kier molecular flexibility index (Phi) is 6.73. The molecule has 29 heavy (non-hydrogen) atoms. The Morgan fingerprint density at radius 2 is 1.48 bits per heavy atom. The minimum Gasteiger partial charge on any atom is -0.325 e. The normalized spacial score (nSPS) is 11.6. The van der Waals surface area contributed by atoms with Crippen LogP contribution in [0.5, 0.6) is 0 Å². The monoisotopic (exact) mass is 404 g/mol. The molecule has 1 unspecified atom stereocenters. The molecule has 0 bridgehead atoms. The van der Waals surface area contributed by atoms with Crippen molar-refractivity contribution >= 4 is 35.0 Å². The van der Waals surface area contributed by atoms with Crippen LogP contribution in [0.2, 0.25) is 0 Å². The first-order valence-corrected chi connectivity index (χ1v) is 10.3. The second-order valence-corrected chi connectivity index (χ2v) is 8.32. The van der Waals surface area contributed by atoms with Crippen molar-refractivity contribution in [3.8, 4) is 0 Å². The molecule has 2 amide bonds. The average molecular weight is 405 g/mol. The maximum absolute atomic E-state index is 12.5. The highest BCUT2D eigenvalue weighted by molar-refractivity contribution is 8.00. The molecule has 0 spiro atoms. The molecule has 0 saturated carbocycles. The molecule has 0 aliphatic rings. The summed E-state index contributed by atoms with van der Waals surface area (Å²) in [4.78, 5) is 25.7. The van der Waals surface area contributed by atoms with Crippen LogP contribution in [0.25, 0.3) is 0 Å². The number of aryl methyl sites for hydroxylation is 2. The summed E-state index contributed by atoms with van der Waals surface area (Å²) in [7, 11) is 0. The van der Waals surface area contributed by atoms with Crippen LogP contribution in [0.3, 0.4) is 0 Å². The van der Waals surface area contributed by atoms with Crippen LogP contribution in [0, 0.1) is 13.8 Å². The van der Waals surface area contributed by atoms with E-state index in [1.165, 1.54) is 11.8 Å². The third kappa shape index (κ3) is 5.72. The van der Waals surface area contributed by atoms with Crippen molar-refractivity contribution in [1.29, 1.82) is 0 Å². The summed E-state index contributed by atoms with van der Waals surface area (Å²) in [5.41, 5.74) is 4.32. The number of amides is 2. The molecule has 0 saturated heterocycles. The van der Waals surface area contributed by atoms with Gasteiger partial charge in [-0.05, 0) is 68.8 Å². The molecule has 148 valence electrons. The van der Waals surface area contributed by atoms with E-state index in [0.717, 1.165) is 27.4 Å². The Hall–Kier alpha value is -3.05. The summed E-state index contributed by atoms with van der Waals surface area (Å²) in [6, 6.07) is 22.7. The standard InChI is InChI=1S/C24H24N2O2S/c1-16-8-10-19(11-9-16)24(28)25-20-12-14-21(15-13-20)29-18(3)23(27)26-22-7-5-4-6-17(22)2/h4-15,18H,1-3H3,(H,25,28)(H,26,27). The molecule has 0 aliphatic heterocycles. The summed E-state index contributed by atoms with van der Waals surface area (Å²) in [5, 5.41) is 5.62. The number of hydrogen-bond donors (Lipinski definition) is 2. The maximum atomic E-state index is 12.5. The van der Waals surface area contributed by atoms with Gasteiger partial charge in [-0.15, -0.1) is 11.8 Å². The average Bonchev–Trinajstić information content (AvgIpc) is 2.71. The van der Waals surface area contributed by atoms with E-state index in [2.05, 4.69) is 10.6 Å². The quantitative estimate of drug-likeness (QED) is 0.520. The highest BCUT2D eigenvalue weighted by atomic mass is 32.2. The lowest BCUT2D eigenvalue weighted by Crippen LogP contribution is -2.22. The largest absolute Gasteiger partial charge is 0.325 e. The fourth-order valence-corrected chi connectivity index (χ4v) is 3.60. The van der Waals surface area contributed by atoms with E-state index in [9.17, 15) is 9.59 Å². The topological polar surface area (TPSA) is 58.2 Å². The second kappa shape index (κ2) is 9.43. The van der Waals surface area contributed by atoms with Crippen LogP contribution in [0.1, 0.15) is 28.4 Å². The zero-order valence-corrected chi connectivity index (χ0v) is 17.5. The summed E-state index contributed by atoms with van der Waals surface area (Å²) in [5.74, 6) is -0.183. The van der Waals surface area contributed by atoms with Gasteiger partial charge in [-0.1, -0.05) is 35.9 Å². The predicted octanol–water partition coefficient (Wildman–Crippen LogP) is 5.68. The third-order valence-electron chi connectivity index (χ3n) is 4.51. The Morgan fingerprint density at radius 1 is 0.828 bits per heavy atom. The first-order chi connectivity index (χ1) is 13.9. The van der Waals surface area contributed by atoms with Gasteiger partial charge in [0, 0.05) is 21.8 Å². The van der Waals surface area contributed by atoms with E-state index in [4.69, 9.17) is 0 Å². The number of para-hydroxylation sites is 1. The van der Waals surface area contributed by atoms with E-state index in [-0.39, 0.29) is 17.1 Å². The number of carbonyl (C=O) groups excluding carboxylic acids is 2. The molecule has 0 aliphatic carbocycles. The van der Waals surface area contributed by atoms with Crippen LogP contribution in [0.4, 0.5) is 11.4 Å². The van der Waals surface area contributed by atoms with Gasteiger partial charge >= 0.3 is 0 Å². The highest BCUT2D eigenvalue weighted by Gasteiger charge is 2.15. The lowest BCUT2D eigenvalue weighted by Gasteiger charge is -2.14. The zero-order chi connectivity index (χ0) is 20.8. The summed E-state index contributed by atoms with van der Waals surface area (Å²) in [6.45, 7) is 5.84. The molecule has 5 heteroatoms. The van der Waals surface area contributed by atoms with Gasteiger partial charge in [0.2, 0.25) is 5.91 Å².